The molecule has 1 N–H and O–H groups in total. The fourth-order valence-corrected chi connectivity index (χ4v) is 4.01. The highest BCUT2D eigenvalue weighted by Crippen LogP contribution is 2.35. The zero-order valence-corrected chi connectivity index (χ0v) is 11.9. The van der Waals surface area contributed by atoms with Gasteiger partial charge in [0.1, 0.15) is 6.04 Å². The Bertz CT molecular complexity index is 295. The van der Waals surface area contributed by atoms with E-state index >= 15 is 0 Å². The third-order valence-electron chi connectivity index (χ3n) is 4.81. The first-order valence-corrected chi connectivity index (χ1v) is 7.46. The average molecular weight is 253 g/mol. The lowest BCUT2D eigenvalue weighted by Crippen LogP contribution is -2.53. The number of carboxylic acids is 1. The lowest BCUT2D eigenvalue weighted by Gasteiger charge is -2.45. The standard InChI is InChI=1S/C15H27NO2/c1-10-4-5-16(14(9-10)15(17)18)13-7-11(2)6-12(3)8-13/h10-14H,4-9H2,1-3H3,(H,17,18). The summed E-state index contributed by atoms with van der Waals surface area (Å²) in [6.45, 7) is 7.78. The first kappa shape index (κ1) is 13.9. The Morgan fingerprint density at radius 2 is 1.61 bits per heavy atom. The summed E-state index contributed by atoms with van der Waals surface area (Å²) in [5.74, 6) is 1.42. The van der Waals surface area contributed by atoms with Crippen molar-refractivity contribution in [3.63, 3.8) is 0 Å². The summed E-state index contributed by atoms with van der Waals surface area (Å²) in [5.41, 5.74) is 0. The van der Waals surface area contributed by atoms with Crippen LogP contribution in [0.2, 0.25) is 0 Å². The van der Waals surface area contributed by atoms with Gasteiger partial charge in [-0.25, -0.2) is 0 Å². The first-order chi connectivity index (χ1) is 8.47. The molecule has 2 fully saturated rings. The average Bonchev–Trinajstić information content (AvgIpc) is 2.27. The minimum Gasteiger partial charge on any atom is -0.480 e. The van der Waals surface area contributed by atoms with E-state index in [1.807, 2.05) is 0 Å². The van der Waals surface area contributed by atoms with E-state index in [0.29, 0.717) is 12.0 Å². The summed E-state index contributed by atoms with van der Waals surface area (Å²) < 4.78 is 0. The second kappa shape index (κ2) is 5.60. The zero-order chi connectivity index (χ0) is 13.3. The lowest BCUT2D eigenvalue weighted by molar-refractivity contribution is -0.147. The highest BCUT2D eigenvalue weighted by atomic mass is 16.4. The molecular formula is C15H27NO2. The molecule has 1 heterocycles. The van der Waals surface area contributed by atoms with Crippen molar-refractivity contribution in [3.8, 4) is 0 Å². The van der Waals surface area contributed by atoms with E-state index in [9.17, 15) is 9.90 Å². The Morgan fingerprint density at radius 1 is 1.00 bits per heavy atom. The summed E-state index contributed by atoms with van der Waals surface area (Å²) in [6.07, 6.45) is 5.65. The van der Waals surface area contributed by atoms with Crippen molar-refractivity contribution in [1.82, 2.24) is 4.90 Å². The minimum atomic E-state index is -0.618. The van der Waals surface area contributed by atoms with E-state index in [-0.39, 0.29) is 6.04 Å². The zero-order valence-electron chi connectivity index (χ0n) is 11.9. The second-order valence-corrected chi connectivity index (χ2v) is 6.79. The van der Waals surface area contributed by atoms with Crippen molar-refractivity contribution < 1.29 is 9.90 Å². The molecule has 2 aliphatic rings. The van der Waals surface area contributed by atoms with Gasteiger partial charge in [0.05, 0.1) is 0 Å². The molecule has 1 aliphatic carbocycles. The Morgan fingerprint density at radius 3 is 2.17 bits per heavy atom. The van der Waals surface area contributed by atoms with Gasteiger partial charge >= 0.3 is 5.97 Å². The Balaban J connectivity index is 2.07. The van der Waals surface area contributed by atoms with Crippen LogP contribution in [-0.4, -0.2) is 34.6 Å². The highest BCUT2D eigenvalue weighted by Gasteiger charge is 2.38. The van der Waals surface area contributed by atoms with Crippen LogP contribution in [0, 0.1) is 17.8 Å². The van der Waals surface area contributed by atoms with E-state index in [4.69, 9.17) is 0 Å². The van der Waals surface area contributed by atoms with Crippen LogP contribution < -0.4 is 0 Å². The van der Waals surface area contributed by atoms with E-state index in [0.717, 1.165) is 31.2 Å². The molecule has 0 radical (unpaired) electrons. The summed E-state index contributed by atoms with van der Waals surface area (Å²) >= 11 is 0. The predicted octanol–water partition coefficient (Wildman–Crippen LogP) is 3.00. The molecule has 1 saturated heterocycles. The molecular weight excluding hydrogens is 226 g/mol. The van der Waals surface area contributed by atoms with Gasteiger partial charge in [-0.3, -0.25) is 9.69 Å². The minimum absolute atomic E-state index is 0.240. The molecule has 0 aromatic rings. The number of aliphatic carboxylic acids is 1. The quantitative estimate of drug-likeness (QED) is 0.822. The van der Waals surface area contributed by atoms with Crippen molar-refractivity contribution in [2.24, 2.45) is 17.8 Å². The van der Waals surface area contributed by atoms with Crippen LogP contribution in [0.5, 0.6) is 0 Å². The van der Waals surface area contributed by atoms with Crippen LogP contribution in [0.4, 0.5) is 0 Å². The Labute approximate surface area is 111 Å². The maximum Gasteiger partial charge on any atom is 0.320 e. The largest absolute Gasteiger partial charge is 0.480 e. The lowest BCUT2D eigenvalue weighted by atomic mass is 9.78. The molecule has 18 heavy (non-hydrogen) atoms. The van der Waals surface area contributed by atoms with Crippen LogP contribution in [-0.2, 0) is 4.79 Å². The molecule has 0 aromatic heterocycles. The maximum absolute atomic E-state index is 11.5. The van der Waals surface area contributed by atoms with E-state index in [1.54, 1.807) is 0 Å². The van der Waals surface area contributed by atoms with Crippen molar-refractivity contribution in [2.45, 2.75) is 65.0 Å². The van der Waals surface area contributed by atoms with Crippen LogP contribution >= 0.6 is 0 Å². The van der Waals surface area contributed by atoms with Crippen molar-refractivity contribution >= 4 is 5.97 Å². The molecule has 3 heteroatoms. The number of likely N-dealkylation sites (tertiary alicyclic amines) is 1. The monoisotopic (exact) mass is 253 g/mol. The molecule has 3 nitrogen and oxygen atoms in total. The van der Waals surface area contributed by atoms with E-state index in [2.05, 4.69) is 25.7 Å². The molecule has 4 unspecified atom stereocenters. The van der Waals surface area contributed by atoms with E-state index < -0.39 is 5.97 Å². The summed E-state index contributed by atoms with van der Waals surface area (Å²) in [4.78, 5) is 13.8. The van der Waals surface area contributed by atoms with E-state index in [1.165, 1.54) is 19.3 Å². The smallest absolute Gasteiger partial charge is 0.320 e. The fraction of sp³-hybridized carbons (Fsp3) is 0.933. The molecule has 1 saturated carbocycles. The molecule has 0 spiro atoms. The van der Waals surface area contributed by atoms with Gasteiger partial charge in [0.15, 0.2) is 0 Å². The number of nitrogens with zero attached hydrogens (tertiary/aromatic N) is 1. The number of carbonyl (C=O) groups is 1. The first-order valence-electron chi connectivity index (χ1n) is 7.46. The summed E-state index contributed by atoms with van der Waals surface area (Å²) in [7, 11) is 0. The van der Waals surface area contributed by atoms with Gasteiger partial charge in [0.25, 0.3) is 0 Å². The van der Waals surface area contributed by atoms with Crippen LogP contribution in [0.15, 0.2) is 0 Å². The van der Waals surface area contributed by atoms with Gasteiger partial charge in [-0.2, -0.15) is 0 Å². The highest BCUT2D eigenvalue weighted by molar-refractivity contribution is 5.73. The predicted molar refractivity (Wildman–Crippen MR) is 72.5 cm³/mol. The SMILES string of the molecule is CC1CC(C)CC(N2CCC(C)CC2C(=O)O)C1. The summed E-state index contributed by atoms with van der Waals surface area (Å²) in [6, 6.07) is 0.258. The normalized spacial score (nSPS) is 42.7. The maximum atomic E-state index is 11.5. The molecule has 2 rings (SSSR count). The van der Waals surface area contributed by atoms with Crippen LogP contribution in [0.3, 0.4) is 0 Å². The molecule has 4 atom stereocenters. The van der Waals surface area contributed by atoms with Crippen LogP contribution in [0.1, 0.15) is 52.9 Å². The Hall–Kier alpha value is -0.570. The van der Waals surface area contributed by atoms with Crippen LogP contribution in [0.25, 0.3) is 0 Å². The number of piperidine rings is 1. The number of carboxylic acid groups (broad SMARTS) is 1. The van der Waals surface area contributed by atoms with Gasteiger partial charge in [-0.15, -0.1) is 0 Å². The topological polar surface area (TPSA) is 40.5 Å². The second-order valence-electron chi connectivity index (χ2n) is 6.79. The van der Waals surface area contributed by atoms with Gasteiger partial charge < -0.3 is 5.11 Å². The van der Waals surface area contributed by atoms with Crippen molar-refractivity contribution in [3.05, 3.63) is 0 Å². The molecule has 104 valence electrons. The van der Waals surface area contributed by atoms with Gasteiger partial charge in [-0.1, -0.05) is 20.8 Å². The number of hydrogen-bond donors (Lipinski definition) is 1. The van der Waals surface area contributed by atoms with Gasteiger partial charge in [0, 0.05) is 6.04 Å². The third kappa shape index (κ3) is 3.05. The number of rotatable bonds is 2. The molecule has 1 aliphatic heterocycles. The molecule has 0 amide bonds. The van der Waals surface area contributed by atoms with Crippen molar-refractivity contribution in [1.29, 1.82) is 0 Å². The fourth-order valence-electron chi connectivity index (χ4n) is 4.01. The van der Waals surface area contributed by atoms with Gasteiger partial charge in [0.2, 0.25) is 0 Å². The number of hydrogen-bond acceptors (Lipinski definition) is 2. The molecule has 0 aromatic carbocycles. The third-order valence-corrected chi connectivity index (χ3v) is 4.81. The summed E-state index contributed by atoms with van der Waals surface area (Å²) in [5, 5.41) is 9.45. The van der Waals surface area contributed by atoms with Gasteiger partial charge in [-0.05, 0) is 56.4 Å². The Kier molecular flexibility index (Phi) is 4.31. The van der Waals surface area contributed by atoms with Crippen molar-refractivity contribution in [2.75, 3.05) is 6.54 Å². The molecule has 0 bridgehead atoms.